The Kier molecular flexibility index (Phi) is 5.52. The topological polar surface area (TPSA) is 33.2 Å². The molecule has 0 radical (unpaired) electrons. The molecule has 0 N–H and O–H groups in total. The molecular weight excluding hydrogens is 244 g/mol. The summed E-state index contributed by atoms with van der Waals surface area (Å²) in [4.78, 5) is 18.4. The fraction of sp³-hybridized carbons (Fsp3) is 0.286. The Hall–Kier alpha value is -1.68. The largest absolute Gasteiger partial charge is 0.383 e. The second kappa shape index (κ2) is 6.91. The normalized spacial score (nSPS) is 10.2. The minimum absolute atomic E-state index is 0.0369. The van der Waals surface area contributed by atoms with Crippen LogP contribution >= 0.6 is 11.3 Å². The van der Waals surface area contributed by atoms with Crippen LogP contribution in [0.5, 0.6) is 0 Å². The first-order valence-electron chi connectivity index (χ1n) is 5.89. The van der Waals surface area contributed by atoms with Crippen LogP contribution in [0.25, 0.3) is 10.1 Å². The van der Waals surface area contributed by atoms with E-state index in [1.807, 2.05) is 45.0 Å². The highest BCUT2D eigenvalue weighted by molar-refractivity contribution is 7.20. The van der Waals surface area contributed by atoms with Gasteiger partial charge in [0, 0.05) is 38.8 Å². The van der Waals surface area contributed by atoms with Crippen molar-refractivity contribution in [1.82, 2.24) is 9.88 Å². The minimum atomic E-state index is 0.0369. The predicted octanol–water partition coefficient (Wildman–Crippen LogP) is 3.58. The van der Waals surface area contributed by atoms with Crippen molar-refractivity contribution in [3.05, 3.63) is 41.7 Å². The van der Waals surface area contributed by atoms with E-state index in [-0.39, 0.29) is 5.78 Å². The van der Waals surface area contributed by atoms with Crippen LogP contribution in [0.1, 0.15) is 23.5 Å². The minimum Gasteiger partial charge on any atom is -0.383 e. The third kappa shape index (κ3) is 3.67. The van der Waals surface area contributed by atoms with Crippen molar-refractivity contribution >= 4 is 27.2 Å². The zero-order chi connectivity index (χ0) is 13.5. The third-order valence-electron chi connectivity index (χ3n) is 2.09. The highest BCUT2D eigenvalue weighted by Crippen LogP contribution is 2.24. The Bertz CT molecular complexity index is 510. The fourth-order valence-electron chi connectivity index (χ4n) is 1.30. The summed E-state index contributed by atoms with van der Waals surface area (Å²) in [7, 11) is 3.78. The van der Waals surface area contributed by atoms with E-state index in [0.717, 1.165) is 15.0 Å². The lowest BCUT2D eigenvalue weighted by Gasteiger charge is -2.01. The first-order valence-corrected chi connectivity index (χ1v) is 6.71. The molecule has 0 aromatic carbocycles. The molecule has 0 fully saturated rings. The van der Waals surface area contributed by atoms with Gasteiger partial charge in [0.15, 0.2) is 5.78 Å². The molecule has 18 heavy (non-hydrogen) atoms. The number of carbonyl (C=O) groups is 1. The molecule has 0 spiro atoms. The van der Waals surface area contributed by atoms with E-state index in [2.05, 4.69) is 4.98 Å². The van der Waals surface area contributed by atoms with Gasteiger partial charge in [0.2, 0.25) is 0 Å². The van der Waals surface area contributed by atoms with Gasteiger partial charge in [-0.15, -0.1) is 11.3 Å². The standard InChI is InChI=1S/C12H12N2OS.C2H6/c1-14(2)6-4-10(15)11-7-9-3-5-13-8-12(9)16-11;1-2/h3-8H,1-2H3;1-2H3/b6-4+;. The molecule has 0 saturated carbocycles. The highest BCUT2D eigenvalue weighted by Gasteiger charge is 2.07. The first kappa shape index (κ1) is 14.4. The molecule has 0 unspecified atom stereocenters. The van der Waals surface area contributed by atoms with Gasteiger partial charge in [0.05, 0.1) is 9.58 Å². The lowest BCUT2D eigenvalue weighted by atomic mass is 10.2. The van der Waals surface area contributed by atoms with Gasteiger partial charge in [-0.1, -0.05) is 13.8 Å². The molecule has 2 aromatic rings. The monoisotopic (exact) mass is 262 g/mol. The second-order valence-corrected chi connectivity index (χ2v) is 4.75. The summed E-state index contributed by atoms with van der Waals surface area (Å²) in [5.41, 5.74) is 0. The van der Waals surface area contributed by atoms with Crippen LogP contribution in [0.15, 0.2) is 36.8 Å². The smallest absolute Gasteiger partial charge is 0.197 e. The van der Waals surface area contributed by atoms with Crippen molar-refractivity contribution in [2.75, 3.05) is 14.1 Å². The molecule has 0 aliphatic carbocycles. The van der Waals surface area contributed by atoms with E-state index >= 15 is 0 Å². The lowest BCUT2D eigenvalue weighted by Crippen LogP contribution is -2.02. The van der Waals surface area contributed by atoms with Crippen LogP contribution in [0, 0.1) is 0 Å². The number of aromatic nitrogens is 1. The Morgan fingerprint density at radius 3 is 2.72 bits per heavy atom. The number of nitrogens with zero attached hydrogens (tertiary/aromatic N) is 2. The number of thiophene rings is 1. The molecule has 4 heteroatoms. The van der Waals surface area contributed by atoms with Crippen molar-refractivity contribution in [2.45, 2.75) is 13.8 Å². The Morgan fingerprint density at radius 2 is 2.11 bits per heavy atom. The molecule has 2 rings (SSSR count). The van der Waals surface area contributed by atoms with E-state index in [1.165, 1.54) is 11.3 Å². The molecular formula is C14H18N2OS. The summed E-state index contributed by atoms with van der Waals surface area (Å²) < 4.78 is 1.05. The van der Waals surface area contributed by atoms with Crippen molar-refractivity contribution in [2.24, 2.45) is 0 Å². The number of rotatable bonds is 3. The highest BCUT2D eigenvalue weighted by atomic mass is 32.1. The van der Waals surface area contributed by atoms with Gasteiger partial charge >= 0.3 is 0 Å². The van der Waals surface area contributed by atoms with Crippen LogP contribution < -0.4 is 0 Å². The molecule has 0 aliphatic heterocycles. The number of fused-ring (bicyclic) bond motifs is 1. The van der Waals surface area contributed by atoms with Gasteiger partial charge in [0.1, 0.15) is 0 Å². The van der Waals surface area contributed by atoms with Gasteiger partial charge in [-0.25, -0.2) is 0 Å². The number of hydrogen-bond donors (Lipinski definition) is 0. The van der Waals surface area contributed by atoms with Crippen molar-refractivity contribution in [3.8, 4) is 0 Å². The van der Waals surface area contributed by atoms with Crippen LogP contribution in [-0.2, 0) is 0 Å². The number of hydrogen-bond acceptors (Lipinski definition) is 4. The quantitative estimate of drug-likeness (QED) is 0.626. The van der Waals surface area contributed by atoms with Gasteiger partial charge in [-0.05, 0) is 17.5 Å². The van der Waals surface area contributed by atoms with E-state index in [4.69, 9.17) is 0 Å². The third-order valence-corrected chi connectivity index (χ3v) is 3.19. The summed E-state index contributed by atoms with van der Waals surface area (Å²) in [6, 6.07) is 3.82. The number of pyridine rings is 1. The van der Waals surface area contributed by atoms with Gasteiger partial charge in [-0.2, -0.15) is 0 Å². The Morgan fingerprint density at radius 1 is 1.39 bits per heavy atom. The van der Waals surface area contributed by atoms with Crippen molar-refractivity contribution < 1.29 is 4.79 Å². The Labute approximate surface area is 112 Å². The molecule has 0 atom stereocenters. The fourth-order valence-corrected chi connectivity index (χ4v) is 2.25. The maximum absolute atomic E-state index is 11.8. The van der Waals surface area contributed by atoms with Crippen molar-refractivity contribution in [3.63, 3.8) is 0 Å². The molecule has 0 aliphatic rings. The second-order valence-electron chi connectivity index (χ2n) is 3.67. The van der Waals surface area contributed by atoms with Crippen LogP contribution in [0.4, 0.5) is 0 Å². The van der Waals surface area contributed by atoms with Crippen LogP contribution in [0.3, 0.4) is 0 Å². The molecule has 0 saturated heterocycles. The van der Waals surface area contributed by atoms with Gasteiger partial charge in [0.25, 0.3) is 0 Å². The van der Waals surface area contributed by atoms with Gasteiger partial charge in [-0.3, -0.25) is 9.78 Å². The summed E-state index contributed by atoms with van der Waals surface area (Å²) in [5.74, 6) is 0.0369. The maximum atomic E-state index is 11.8. The summed E-state index contributed by atoms with van der Waals surface area (Å²) in [5, 5.41) is 1.07. The Balaban J connectivity index is 0.000000771. The number of allylic oxidation sites excluding steroid dienone is 1. The molecule has 2 aromatic heterocycles. The SMILES string of the molecule is CC.CN(C)/C=C/C(=O)c1cc2ccncc2s1. The maximum Gasteiger partial charge on any atom is 0.197 e. The zero-order valence-corrected chi connectivity index (χ0v) is 12.0. The molecule has 2 heterocycles. The molecule has 0 amide bonds. The van der Waals surface area contributed by atoms with E-state index < -0.39 is 0 Å². The molecule has 96 valence electrons. The first-order chi connectivity index (χ1) is 8.66. The van der Waals surface area contributed by atoms with E-state index in [0.29, 0.717) is 0 Å². The number of ketones is 1. The summed E-state index contributed by atoms with van der Waals surface area (Å²) in [6.45, 7) is 4.00. The summed E-state index contributed by atoms with van der Waals surface area (Å²) in [6.07, 6.45) is 6.86. The van der Waals surface area contributed by atoms with Crippen molar-refractivity contribution in [1.29, 1.82) is 0 Å². The number of carbonyl (C=O) groups excluding carboxylic acids is 1. The molecule has 0 bridgehead atoms. The van der Waals surface area contributed by atoms with Crippen LogP contribution in [0.2, 0.25) is 0 Å². The lowest BCUT2D eigenvalue weighted by molar-refractivity contribution is 0.104. The predicted molar refractivity (Wildman–Crippen MR) is 78.1 cm³/mol. The van der Waals surface area contributed by atoms with Gasteiger partial charge < -0.3 is 4.90 Å². The summed E-state index contributed by atoms with van der Waals surface area (Å²) >= 11 is 1.48. The average molecular weight is 262 g/mol. The zero-order valence-electron chi connectivity index (χ0n) is 11.2. The van der Waals surface area contributed by atoms with E-state index in [1.54, 1.807) is 24.7 Å². The van der Waals surface area contributed by atoms with Crippen LogP contribution in [-0.4, -0.2) is 29.8 Å². The average Bonchev–Trinajstić information content (AvgIpc) is 2.82. The van der Waals surface area contributed by atoms with E-state index in [9.17, 15) is 4.79 Å². The molecule has 3 nitrogen and oxygen atoms in total.